The number of hydrogen-bond acceptors (Lipinski definition) is 7. The highest BCUT2D eigenvalue weighted by atomic mass is 16.5. The van der Waals surface area contributed by atoms with Gasteiger partial charge in [0.2, 0.25) is 17.6 Å². The Bertz CT molecular complexity index is 964. The average Bonchev–Trinajstić information content (AvgIpc) is 3.19. The zero-order valence-electron chi connectivity index (χ0n) is 18.2. The summed E-state index contributed by atoms with van der Waals surface area (Å²) in [6, 6.07) is -1.14. The number of aromatic amines is 1. The van der Waals surface area contributed by atoms with Crippen LogP contribution in [0.3, 0.4) is 0 Å². The third-order valence-electron chi connectivity index (χ3n) is 6.01. The number of aryl methyl sites for hydroxylation is 1. The number of fused-ring (bicyclic) bond motifs is 1. The van der Waals surface area contributed by atoms with Crippen molar-refractivity contribution in [2.24, 2.45) is 11.8 Å². The summed E-state index contributed by atoms with van der Waals surface area (Å²) >= 11 is 0. The predicted octanol–water partition coefficient (Wildman–Crippen LogP) is 1.87. The number of likely N-dealkylation sites (tertiary alicyclic amines) is 1. The van der Waals surface area contributed by atoms with E-state index in [9.17, 15) is 24.0 Å². The average molecular weight is 430 g/mol. The fourth-order valence-electron chi connectivity index (χ4n) is 4.25. The molecule has 0 unspecified atom stereocenters. The number of nitrogens with zero attached hydrogens (tertiary/aromatic N) is 1. The first kappa shape index (κ1) is 22.5. The molecule has 9 nitrogen and oxygen atoms in total. The second-order valence-electron chi connectivity index (χ2n) is 7.94. The number of carbonyl (C=O) groups excluding carboxylic acids is 5. The molecular weight excluding hydrogens is 404 g/mol. The lowest BCUT2D eigenvalue weighted by molar-refractivity contribution is -0.159. The number of methoxy groups -OCH3 is 1. The van der Waals surface area contributed by atoms with Crippen LogP contribution in [0.25, 0.3) is 0 Å². The van der Waals surface area contributed by atoms with Gasteiger partial charge in [-0.3, -0.25) is 19.3 Å². The van der Waals surface area contributed by atoms with Crippen molar-refractivity contribution >= 4 is 29.5 Å². The molecule has 0 saturated carbocycles. The summed E-state index contributed by atoms with van der Waals surface area (Å²) in [6.07, 6.45) is 3.48. The van der Waals surface area contributed by atoms with Gasteiger partial charge >= 0.3 is 11.9 Å². The zero-order valence-corrected chi connectivity index (χ0v) is 18.2. The minimum Gasteiger partial charge on any atom is -0.465 e. The van der Waals surface area contributed by atoms with Crippen molar-refractivity contribution in [3.05, 3.63) is 34.7 Å². The lowest BCUT2D eigenvalue weighted by atomic mass is 9.85. The standard InChI is InChI=1S/C22H26N2O7/c1-10-16(22(29)30-5)11(2)23-17(10)18(25)13(4)31-21(28)12(3)24-19(26)14-8-6-7-9-15(14)20(24)27/h6-7,12-15,23H,8-9H2,1-5H3/t12-,13+,14-,15+/m0/s1. The van der Waals surface area contributed by atoms with Gasteiger partial charge in [-0.15, -0.1) is 0 Å². The highest BCUT2D eigenvalue weighted by molar-refractivity contribution is 6.08. The SMILES string of the molecule is COC(=O)c1c(C)[nH]c(C(=O)[C@@H](C)OC(=O)[C@H](C)N2C(=O)[C@H]3CC=CC[C@H]3C2=O)c1C. The van der Waals surface area contributed by atoms with Gasteiger partial charge < -0.3 is 14.5 Å². The number of amides is 2. The van der Waals surface area contributed by atoms with Crippen LogP contribution >= 0.6 is 0 Å². The van der Waals surface area contributed by atoms with Crippen LogP contribution < -0.4 is 0 Å². The molecule has 166 valence electrons. The molecule has 3 rings (SSSR count). The number of nitrogens with one attached hydrogen (secondary N) is 1. The Morgan fingerprint density at radius 1 is 1.06 bits per heavy atom. The molecule has 0 spiro atoms. The Kier molecular flexibility index (Phi) is 6.15. The number of imide groups is 1. The maximum Gasteiger partial charge on any atom is 0.339 e. The second-order valence-corrected chi connectivity index (χ2v) is 7.94. The van der Waals surface area contributed by atoms with Crippen molar-refractivity contribution in [3.8, 4) is 0 Å². The van der Waals surface area contributed by atoms with E-state index in [-0.39, 0.29) is 23.1 Å². The zero-order chi connectivity index (χ0) is 23.0. The van der Waals surface area contributed by atoms with Gasteiger partial charge in [0.1, 0.15) is 6.04 Å². The Morgan fingerprint density at radius 2 is 1.61 bits per heavy atom. The fourth-order valence-corrected chi connectivity index (χ4v) is 4.25. The largest absolute Gasteiger partial charge is 0.465 e. The van der Waals surface area contributed by atoms with Gasteiger partial charge in [-0.1, -0.05) is 12.2 Å². The molecule has 4 atom stereocenters. The molecule has 0 radical (unpaired) electrons. The van der Waals surface area contributed by atoms with Crippen LogP contribution in [0.15, 0.2) is 12.2 Å². The van der Waals surface area contributed by atoms with E-state index >= 15 is 0 Å². The minimum absolute atomic E-state index is 0.135. The van der Waals surface area contributed by atoms with E-state index in [0.717, 1.165) is 4.90 Å². The van der Waals surface area contributed by atoms with Crippen molar-refractivity contribution in [3.63, 3.8) is 0 Å². The first-order chi connectivity index (χ1) is 14.6. The molecule has 31 heavy (non-hydrogen) atoms. The number of ether oxygens (including phenoxy) is 2. The van der Waals surface area contributed by atoms with E-state index in [4.69, 9.17) is 9.47 Å². The molecule has 1 aromatic heterocycles. The van der Waals surface area contributed by atoms with Gasteiger partial charge in [0.05, 0.1) is 30.2 Å². The predicted molar refractivity (Wildman–Crippen MR) is 108 cm³/mol. The van der Waals surface area contributed by atoms with Gasteiger partial charge in [-0.25, -0.2) is 9.59 Å². The third-order valence-corrected chi connectivity index (χ3v) is 6.01. The summed E-state index contributed by atoms with van der Waals surface area (Å²) in [7, 11) is 1.24. The third kappa shape index (κ3) is 3.80. The molecule has 1 aliphatic carbocycles. The molecule has 2 amide bonds. The Hall–Kier alpha value is -3.23. The number of H-pyrrole nitrogens is 1. The highest BCUT2D eigenvalue weighted by Crippen LogP contribution is 2.36. The van der Waals surface area contributed by atoms with Gasteiger partial charge in [0, 0.05) is 5.69 Å². The van der Waals surface area contributed by atoms with E-state index < -0.39 is 41.7 Å². The molecule has 9 heteroatoms. The molecule has 1 fully saturated rings. The lowest BCUT2D eigenvalue weighted by Crippen LogP contribution is -2.45. The molecule has 1 N–H and O–H groups in total. The molecule has 2 aliphatic rings. The van der Waals surface area contributed by atoms with Gasteiger partial charge in [-0.05, 0) is 46.1 Å². The highest BCUT2D eigenvalue weighted by Gasteiger charge is 2.50. The summed E-state index contributed by atoms with van der Waals surface area (Å²) in [5, 5.41) is 0. The first-order valence-corrected chi connectivity index (χ1v) is 10.1. The molecular formula is C22H26N2O7. The van der Waals surface area contributed by atoms with Crippen LogP contribution in [0.2, 0.25) is 0 Å². The van der Waals surface area contributed by atoms with Crippen LogP contribution in [-0.4, -0.2) is 58.7 Å². The monoisotopic (exact) mass is 430 g/mol. The number of allylic oxidation sites excluding steroid dienone is 2. The van der Waals surface area contributed by atoms with E-state index in [1.807, 2.05) is 12.2 Å². The number of esters is 2. The molecule has 0 bridgehead atoms. The van der Waals surface area contributed by atoms with Crippen LogP contribution in [-0.2, 0) is 23.9 Å². The van der Waals surface area contributed by atoms with Crippen molar-refractivity contribution in [1.29, 1.82) is 0 Å². The number of ketones is 1. The Balaban J connectivity index is 1.72. The topological polar surface area (TPSA) is 123 Å². The van der Waals surface area contributed by atoms with E-state index in [2.05, 4.69) is 4.98 Å². The van der Waals surface area contributed by atoms with Gasteiger partial charge in [0.25, 0.3) is 0 Å². The van der Waals surface area contributed by atoms with E-state index in [0.29, 0.717) is 24.1 Å². The summed E-state index contributed by atoms with van der Waals surface area (Å²) in [4.78, 5) is 66.6. The summed E-state index contributed by atoms with van der Waals surface area (Å²) in [5.41, 5.74) is 1.24. The smallest absolute Gasteiger partial charge is 0.339 e. The van der Waals surface area contributed by atoms with Crippen molar-refractivity contribution in [2.75, 3.05) is 7.11 Å². The van der Waals surface area contributed by atoms with E-state index in [1.165, 1.54) is 21.0 Å². The summed E-state index contributed by atoms with van der Waals surface area (Å²) in [5.74, 6) is -3.63. The second kappa shape index (κ2) is 8.49. The fraction of sp³-hybridized carbons (Fsp3) is 0.500. The maximum absolute atomic E-state index is 12.8. The summed E-state index contributed by atoms with van der Waals surface area (Å²) in [6.45, 7) is 6.04. The number of Topliss-reactive ketones (excluding diaryl/α,β-unsaturated/α-hetero) is 1. The number of aromatic nitrogens is 1. The normalized spacial score (nSPS) is 22.2. The lowest BCUT2D eigenvalue weighted by Gasteiger charge is -2.23. The van der Waals surface area contributed by atoms with Crippen LogP contribution in [0.5, 0.6) is 0 Å². The summed E-state index contributed by atoms with van der Waals surface area (Å²) < 4.78 is 10.0. The maximum atomic E-state index is 12.8. The van der Waals surface area contributed by atoms with Crippen molar-refractivity contribution in [1.82, 2.24) is 9.88 Å². The molecule has 1 aliphatic heterocycles. The van der Waals surface area contributed by atoms with Crippen molar-refractivity contribution in [2.45, 2.75) is 52.7 Å². The molecule has 0 aromatic carbocycles. The number of rotatable bonds is 6. The minimum atomic E-state index is -1.19. The van der Waals surface area contributed by atoms with Gasteiger partial charge in [-0.2, -0.15) is 0 Å². The number of hydrogen-bond donors (Lipinski definition) is 1. The first-order valence-electron chi connectivity index (χ1n) is 10.1. The molecule has 1 aromatic rings. The van der Waals surface area contributed by atoms with Crippen LogP contribution in [0.4, 0.5) is 0 Å². The van der Waals surface area contributed by atoms with Crippen LogP contribution in [0.1, 0.15) is 58.8 Å². The quantitative estimate of drug-likeness (QED) is 0.316. The Morgan fingerprint density at radius 3 is 2.13 bits per heavy atom. The molecule has 1 saturated heterocycles. The molecule has 2 heterocycles. The van der Waals surface area contributed by atoms with Gasteiger partial charge in [0.15, 0.2) is 6.10 Å². The van der Waals surface area contributed by atoms with Crippen molar-refractivity contribution < 1.29 is 33.4 Å². The number of carbonyl (C=O) groups is 5. The Labute approximate surface area is 179 Å². The van der Waals surface area contributed by atoms with E-state index in [1.54, 1.807) is 13.8 Å². The van der Waals surface area contributed by atoms with Crippen LogP contribution in [0, 0.1) is 25.7 Å².